The number of benzene rings is 2. The monoisotopic (exact) mass is 270 g/mol. The summed E-state index contributed by atoms with van der Waals surface area (Å²) in [5.41, 5.74) is 3.85. The SMILES string of the molecule is CN(CC1NCCc2ccccc21)c1ccc(F)cc1. The van der Waals surface area contributed by atoms with Crippen LogP contribution < -0.4 is 10.2 Å². The Kier molecular flexibility index (Phi) is 3.70. The number of fused-ring (bicyclic) bond motifs is 1. The first-order valence-corrected chi connectivity index (χ1v) is 7.02. The largest absolute Gasteiger partial charge is 0.373 e. The lowest BCUT2D eigenvalue weighted by atomic mass is 9.94. The predicted octanol–water partition coefficient (Wildman–Crippen LogP) is 3.15. The Labute approximate surface area is 119 Å². The highest BCUT2D eigenvalue weighted by Gasteiger charge is 2.20. The highest BCUT2D eigenvalue weighted by molar-refractivity contribution is 5.46. The van der Waals surface area contributed by atoms with Crippen LogP contribution in [0.15, 0.2) is 48.5 Å². The zero-order chi connectivity index (χ0) is 13.9. The van der Waals surface area contributed by atoms with E-state index in [0.29, 0.717) is 6.04 Å². The summed E-state index contributed by atoms with van der Waals surface area (Å²) in [7, 11) is 2.05. The summed E-state index contributed by atoms with van der Waals surface area (Å²) in [5, 5.41) is 3.57. The van der Waals surface area contributed by atoms with Gasteiger partial charge in [0.1, 0.15) is 5.82 Å². The second-order valence-corrected chi connectivity index (χ2v) is 5.31. The number of hydrogen-bond acceptors (Lipinski definition) is 2. The minimum absolute atomic E-state index is 0.191. The normalized spacial score (nSPS) is 17.6. The van der Waals surface area contributed by atoms with Crippen molar-refractivity contribution in [2.24, 2.45) is 0 Å². The van der Waals surface area contributed by atoms with Gasteiger partial charge in [0.15, 0.2) is 0 Å². The second-order valence-electron chi connectivity index (χ2n) is 5.31. The molecule has 0 amide bonds. The summed E-state index contributed by atoms with van der Waals surface area (Å²) in [6.07, 6.45) is 1.09. The van der Waals surface area contributed by atoms with Crippen LogP contribution >= 0.6 is 0 Å². The van der Waals surface area contributed by atoms with Crippen LogP contribution in [0.1, 0.15) is 17.2 Å². The average Bonchev–Trinajstić information content (AvgIpc) is 2.48. The molecule has 0 aliphatic carbocycles. The van der Waals surface area contributed by atoms with E-state index >= 15 is 0 Å². The third-order valence-corrected chi connectivity index (χ3v) is 3.94. The van der Waals surface area contributed by atoms with Crippen LogP contribution in [0.2, 0.25) is 0 Å². The van der Waals surface area contributed by atoms with E-state index in [4.69, 9.17) is 0 Å². The van der Waals surface area contributed by atoms with Gasteiger partial charge in [-0.05, 0) is 48.4 Å². The summed E-state index contributed by atoms with van der Waals surface area (Å²) in [4.78, 5) is 2.17. The zero-order valence-electron chi connectivity index (χ0n) is 11.6. The maximum Gasteiger partial charge on any atom is 0.123 e. The Morgan fingerprint density at radius 1 is 1.15 bits per heavy atom. The quantitative estimate of drug-likeness (QED) is 0.921. The number of hydrogen-bond donors (Lipinski definition) is 1. The maximum absolute atomic E-state index is 13.0. The van der Waals surface area contributed by atoms with Crippen LogP contribution in [0, 0.1) is 5.82 Å². The first-order valence-electron chi connectivity index (χ1n) is 7.02. The molecule has 3 heteroatoms. The molecule has 0 bridgehead atoms. The van der Waals surface area contributed by atoms with Crippen molar-refractivity contribution in [3.63, 3.8) is 0 Å². The standard InChI is InChI=1S/C17H19FN2/c1-20(15-8-6-14(18)7-9-15)12-17-16-5-3-2-4-13(16)10-11-19-17/h2-9,17,19H,10-12H2,1H3. The molecule has 0 fully saturated rings. The molecule has 104 valence electrons. The van der Waals surface area contributed by atoms with Gasteiger partial charge < -0.3 is 10.2 Å². The summed E-state index contributed by atoms with van der Waals surface area (Å²) in [5.74, 6) is -0.191. The Balaban J connectivity index is 1.77. The van der Waals surface area contributed by atoms with Crippen LogP contribution in [0.4, 0.5) is 10.1 Å². The molecule has 1 aliphatic heterocycles. The Hall–Kier alpha value is -1.87. The molecule has 1 N–H and O–H groups in total. The van der Waals surface area contributed by atoms with E-state index in [-0.39, 0.29) is 5.82 Å². The molecule has 20 heavy (non-hydrogen) atoms. The van der Waals surface area contributed by atoms with Crippen molar-refractivity contribution in [1.82, 2.24) is 5.32 Å². The highest BCUT2D eigenvalue weighted by Crippen LogP contribution is 2.24. The molecular weight excluding hydrogens is 251 g/mol. The van der Waals surface area contributed by atoms with Gasteiger partial charge in [0, 0.05) is 19.3 Å². The van der Waals surface area contributed by atoms with Crippen LogP contribution in [0.25, 0.3) is 0 Å². The molecule has 0 aromatic heterocycles. The molecule has 1 aliphatic rings. The molecule has 0 spiro atoms. The summed E-state index contributed by atoms with van der Waals surface area (Å²) in [6.45, 7) is 1.89. The molecule has 0 saturated carbocycles. The molecule has 3 rings (SSSR count). The highest BCUT2D eigenvalue weighted by atomic mass is 19.1. The molecule has 1 unspecified atom stereocenters. The van der Waals surface area contributed by atoms with Gasteiger partial charge in [0.05, 0.1) is 6.04 Å². The molecule has 0 radical (unpaired) electrons. The van der Waals surface area contributed by atoms with Gasteiger partial charge >= 0.3 is 0 Å². The van der Waals surface area contributed by atoms with Gasteiger partial charge in [0.2, 0.25) is 0 Å². The number of anilines is 1. The average molecular weight is 270 g/mol. The van der Waals surface area contributed by atoms with Crippen LogP contribution in [0.5, 0.6) is 0 Å². The molecule has 0 saturated heterocycles. The Bertz CT molecular complexity index is 580. The van der Waals surface area contributed by atoms with Gasteiger partial charge in [0.25, 0.3) is 0 Å². The fourth-order valence-corrected chi connectivity index (χ4v) is 2.83. The van der Waals surface area contributed by atoms with E-state index in [1.54, 1.807) is 0 Å². The number of rotatable bonds is 3. The molecule has 1 atom stereocenters. The third-order valence-electron chi connectivity index (χ3n) is 3.94. The van der Waals surface area contributed by atoms with E-state index in [1.165, 1.54) is 23.3 Å². The zero-order valence-corrected chi connectivity index (χ0v) is 11.6. The van der Waals surface area contributed by atoms with Crippen molar-refractivity contribution in [1.29, 1.82) is 0 Å². The molecule has 2 aromatic rings. The first-order chi connectivity index (χ1) is 9.74. The summed E-state index contributed by atoms with van der Waals surface area (Å²) < 4.78 is 13.0. The van der Waals surface area contributed by atoms with Crippen molar-refractivity contribution in [2.75, 3.05) is 25.0 Å². The molecular formula is C17H19FN2. The Morgan fingerprint density at radius 2 is 1.90 bits per heavy atom. The number of halogens is 1. The predicted molar refractivity (Wildman–Crippen MR) is 80.6 cm³/mol. The molecule has 1 heterocycles. The van der Waals surface area contributed by atoms with Gasteiger partial charge in [-0.15, -0.1) is 0 Å². The molecule has 2 nitrogen and oxygen atoms in total. The lowest BCUT2D eigenvalue weighted by molar-refractivity contribution is 0.504. The lowest BCUT2D eigenvalue weighted by Crippen LogP contribution is -2.37. The maximum atomic E-state index is 13.0. The minimum atomic E-state index is -0.191. The number of likely N-dealkylation sites (N-methyl/N-ethyl adjacent to an activating group) is 1. The van der Waals surface area contributed by atoms with Crippen LogP contribution in [-0.2, 0) is 6.42 Å². The van der Waals surface area contributed by atoms with Gasteiger partial charge in [-0.25, -0.2) is 4.39 Å². The van der Waals surface area contributed by atoms with Crippen molar-refractivity contribution < 1.29 is 4.39 Å². The van der Waals surface area contributed by atoms with Crippen molar-refractivity contribution in [3.05, 3.63) is 65.5 Å². The number of nitrogens with one attached hydrogen (secondary N) is 1. The van der Waals surface area contributed by atoms with E-state index in [9.17, 15) is 4.39 Å². The van der Waals surface area contributed by atoms with E-state index < -0.39 is 0 Å². The van der Waals surface area contributed by atoms with E-state index in [2.05, 4.69) is 34.5 Å². The summed E-state index contributed by atoms with van der Waals surface area (Å²) in [6, 6.07) is 15.6. The Morgan fingerprint density at radius 3 is 2.70 bits per heavy atom. The van der Waals surface area contributed by atoms with Gasteiger partial charge in [-0.1, -0.05) is 24.3 Å². The van der Waals surface area contributed by atoms with Gasteiger partial charge in [-0.3, -0.25) is 0 Å². The fourth-order valence-electron chi connectivity index (χ4n) is 2.83. The lowest BCUT2D eigenvalue weighted by Gasteiger charge is -2.31. The third kappa shape index (κ3) is 2.68. The van der Waals surface area contributed by atoms with Crippen LogP contribution in [0.3, 0.4) is 0 Å². The topological polar surface area (TPSA) is 15.3 Å². The minimum Gasteiger partial charge on any atom is -0.373 e. The van der Waals surface area contributed by atoms with Crippen molar-refractivity contribution >= 4 is 5.69 Å². The first kappa shape index (κ1) is 13.1. The molecule has 2 aromatic carbocycles. The van der Waals surface area contributed by atoms with Crippen molar-refractivity contribution in [2.45, 2.75) is 12.5 Å². The summed E-state index contributed by atoms with van der Waals surface area (Å²) >= 11 is 0. The van der Waals surface area contributed by atoms with Crippen LogP contribution in [-0.4, -0.2) is 20.1 Å². The van der Waals surface area contributed by atoms with Crippen molar-refractivity contribution in [3.8, 4) is 0 Å². The number of nitrogens with zero attached hydrogens (tertiary/aromatic N) is 1. The smallest absolute Gasteiger partial charge is 0.123 e. The van der Waals surface area contributed by atoms with Gasteiger partial charge in [-0.2, -0.15) is 0 Å². The van der Waals surface area contributed by atoms with E-state index in [0.717, 1.165) is 25.2 Å². The fraction of sp³-hybridized carbons (Fsp3) is 0.294. The second kappa shape index (κ2) is 5.63. The van der Waals surface area contributed by atoms with E-state index in [1.807, 2.05) is 19.2 Å².